The van der Waals surface area contributed by atoms with E-state index in [1.54, 1.807) is 12.5 Å². The molecule has 46 heavy (non-hydrogen) atoms. The first-order valence-electron chi connectivity index (χ1n) is 17.1. The van der Waals surface area contributed by atoms with Crippen LogP contribution < -0.4 is 17.2 Å². The molecule has 0 fully saturated rings. The molecule has 3 aliphatic carbocycles. The van der Waals surface area contributed by atoms with E-state index in [9.17, 15) is 4.79 Å². The summed E-state index contributed by atoms with van der Waals surface area (Å²) in [5.74, 6) is 4.07. The second kappa shape index (κ2) is 19.5. The van der Waals surface area contributed by atoms with Gasteiger partial charge in [-0.05, 0) is 60.5 Å². The highest BCUT2D eigenvalue weighted by atomic mass is 16.4. The van der Waals surface area contributed by atoms with Gasteiger partial charge in [0.05, 0.1) is 0 Å². The summed E-state index contributed by atoms with van der Waals surface area (Å²) in [4.78, 5) is 33.8. The number of nitrogens with two attached hydrogens (primary N) is 3. The van der Waals surface area contributed by atoms with Gasteiger partial charge in [0.2, 0.25) is 0 Å². The Balaban J connectivity index is 0.000000593. The first-order valence-corrected chi connectivity index (χ1v) is 17.1. The van der Waals surface area contributed by atoms with Crippen molar-refractivity contribution in [2.45, 2.75) is 122 Å². The Morgan fingerprint density at radius 3 is 1.30 bits per heavy atom. The van der Waals surface area contributed by atoms with Crippen molar-refractivity contribution in [2.75, 3.05) is 0 Å². The molecule has 4 rings (SSSR count). The largest absolute Gasteiger partial charge is 0.481 e. The monoisotopic (exact) mass is 647 g/mol. The molecule has 8 atom stereocenters. The van der Waals surface area contributed by atoms with E-state index in [1.165, 1.54) is 29.8 Å². The van der Waals surface area contributed by atoms with Crippen molar-refractivity contribution < 1.29 is 24.6 Å². The predicted octanol–water partition coefficient (Wildman–Crippen LogP) is 7.52. The van der Waals surface area contributed by atoms with E-state index < -0.39 is 11.9 Å². The van der Waals surface area contributed by atoms with Gasteiger partial charge in [-0.15, -0.1) is 0 Å². The highest BCUT2D eigenvalue weighted by molar-refractivity contribution is 5.88. The average Bonchev–Trinajstić information content (AvgIpc) is 3.57. The summed E-state index contributed by atoms with van der Waals surface area (Å²) < 4.78 is 0. The number of allylic oxidation sites excluding steroid dienone is 6. The zero-order valence-corrected chi connectivity index (χ0v) is 31.0. The van der Waals surface area contributed by atoms with E-state index >= 15 is 0 Å². The molecule has 0 aromatic rings. The number of nitrogens with zero attached hydrogens (tertiary/aromatic N) is 1. The molecule has 1 heterocycles. The molecule has 0 radical (unpaired) electrons. The molecule has 9 heteroatoms. The van der Waals surface area contributed by atoms with Gasteiger partial charge in [-0.2, -0.15) is 0 Å². The number of rotatable bonds is 5. The summed E-state index contributed by atoms with van der Waals surface area (Å²) in [7, 11) is 0. The Kier molecular flexibility index (Phi) is 18.2. The van der Waals surface area contributed by atoms with Crippen LogP contribution in [0.15, 0.2) is 38.9 Å². The van der Waals surface area contributed by atoms with Crippen LogP contribution in [0.5, 0.6) is 0 Å². The molecule has 264 valence electrons. The summed E-state index contributed by atoms with van der Waals surface area (Å²) >= 11 is 0. The minimum atomic E-state index is -0.833. The van der Waals surface area contributed by atoms with Crippen LogP contribution in [0.4, 0.5) is 0 Å². The molecule has 0 aromatic heterocycles. The van der Waals surface area contributed by atoms with E-state index in [4.69, 9.17) is 37.0 Å². The van der Waals surface area contributed by atoms with Crippen LogP contribution in [0, 0.1) is 53.3 Å². The number of carbonyl (C=O) groups is 3. The summed E-state index contributed by atoms with van der Waals surface area (Å²) in [6.45, 7) is 26.1. The van der Waals surface area contributed by atoms with Gasteiger partial charge < -0.3 is 27.4 Å². The van der Waals surface area contributed by atoms with Crippen LogP contribution in [0.2, 0.25) is 0 Å². The molecule has 0 saturated heterocycles. The first kappa shape index (κ1) is 42.9. The van der Waals surface area contributed by atoms with E-state index in [2.05, 4.69) is 74.2 Å². The lowest BCUT2D eigenvalue weighted by atomic mass is 9.85. The highest BCUT2D eigenvalue weighted by Gasteiger charge is 2.39. The van der Waals surface area contributed by atoms with Crippen LogP contribution in [-0.2, 0) is 14.4 Å². The number of aliphatic carboxylic acids is 2. The van der Waals surface area contributed by atoms with Gasteiger partial charge in [0.1, 0.15) is 5.78 Å². The molecule has 0 aromatic carbocycles. The number of carboxylic acids is 2. The lowest BCUT2D eigenvalue weighted by Crippen LogP contribution is -2.15. The van der Waals surface area contributed by atoms with E-state index in [1.807, 2.05) is 0 Å². The molecule has 1 aliphatic heterocycles. The summed E-state index contributed by atoms with van der Waals surface area (Å²) in [6, 6.07) is 0. The topological polar surface area (TPSA) is 182 Å². The molecular formula is C37H66N4O5. The van der Waals surface area contributed by atoms with Crippen LogP contribution in [0.1, 0.15) is 122 Å². The summed E-state index contributed by atoms with van der Waals surface area (Å²) in [5, 5.41) is 14.8. The Bertz CT molecular complexity index is 1150. The molecule has 0 spiro atoms. The maximum atomic E-state index is 11.1. The van der Waals surface area contributed by atoms with Gasteiger partial charge in [0, 0.05) is 72.9 Å². The van der Waals surface area contributed by atoms with Gasteiger partial charge in [-0.3, -0.25) is 19.4 Å². The third-order valence-electron chi connectivity index (χ3n) is 10.5. The number of hydrogen-bond acceptors (Lipinski definition) is 7. The number of ketones is 1. The molecule has 9 nitrogen and oxygen atoms in total. The van der Waals surface area contributed by atoms with Crippen LogP contribution in [-0.4, -0.2) is 33.6 Å². The van der Waals surface area contributed by atoms with Crippen molar-refractivity contribution in [1.29, 1.82) is 0 Å². The van der Waals surface area contributed by atoms with E-state index in [0.29, 0.717) is 47.8 Å². The second-order valence-electron chi connectivity index (χ2n) is 13.7. The Labute approximate surface area is 279 Å². The van der Waals surface area contributed by atoms with Gasteiger partial charge in [0.15, 0.2) is 0 Å². The summed E-state index contributed by atoms with van der Waals surface area (Å²) in [6.07, 6.45) is 5.31. The lowest BCUT2D eigenvalue weighted by molar-refractivity contribution is -0.135. The third-order valence-corrected chi connectivity index (χ3v) is 10.5. The Morgan fingerprint density at radius 1 is 0.652 bits per heavy atom. The standard InChI is InChI=1S/C12H21NO.C12H19N.C9H18N2.2C2H4O2/c1-5-10-8(3)11(6-7(2)14)12(13)9(10)4;1-5-10-8(3)11-6-7(2)13-12(11)9(10)4;1-4-7-5(2)8(10)9(11)6(7)3;2*1-2(3)4/h8-10H,5-6,13H2,1-4H3;8-10H,5-6H2,1-4H3;5-7H,4,10-11H2,1-3H3;2*1H3,(H,3,4). The third kappa shape index (κ3) is 11.6. The lowest BCUT2D eigenvalue weighted by Gasteiger charge is -2.21. The first-order chi connectivity index (χ1) is 21.2. The second-order valence-corrected chi connectivity index (χ2v) is 13.7. The van der Waals surface area contributed by atoms with Crippen molar-refractivity contribution in [3.05, 3.63) is 33.9 Å². The van der Waals surface area contributed by atoms with Crippen LogP contribution in [0.25, 0.3) is 0 Å². The smallest absolute Gasteiger partial charge is 0.300 e. The molecule has 0 bridgehead atoms. The van der Waals surface area contributed by atoms with Gasteiger partial charge in [0.25, 0.3) is 11.9 Å². The molecular weight excluding hydrogens is 580 g/mol. The van der Waals surface area contributed by atoms with Crippen LogP contribution >= 0.6 is 0 Å². The fourth-order valence-electron chi connectivity index (χ4n) is 7.92. The van der Waals surface area contributed by atoms with Gasteiger partial charge >= 0.3 is 0 Å². The van der Waals surface area contributed by atoms with Crippen molar-refractivity contribution in [3.63, 3.8) is 0 Å². The minimum Gasteiger partial charge on any atom is -0.481 e. The molecule has 8 unspecified atom stereocenters. The normalized spacial score (nSPS) is 30.9. The zero-order valence-electron chi connectivity index (χ0n) is 31.0. The van der Waals surface area contributed by atoms with Crippen molar-refractivity contribution in [2.24, 2.45) is 75.5 Å². The van der Waals surface area contributed by atoms with Crippen molar-refractivity contribution >= 4 is 23.4 Å². The zero-order chi connectivity index (χ0) is 36.2. The Hall–Kier alpha value is -3.10. The molecule has 8 N–H and O–H groups in total. The fraction of sp³-hybridized carbons (Fsp3) is 0.730. The summed E-state index contributed by atoms with van der Waals surface area (Å²) in [5.41, 5.74) is 26.1. The van der Waals surface area contributed by atoms with Crippen LogP contribution in [0.3, 0.4) is 0 Å². The quantitative estimate of drug-likeness (QED) is 0.203. The van der Waals surface area contributed by atoms with Gasteiger partial charge in [-0.25, -0.2) is 0 Å². The number of carbonyl (C=O) groups excluding carboxylic acids is 1. The maximum Gasteiger partial charge on any atom is 0.300 e. The predicted molar refractivity (Wildman–Crippen MR) is 190 cm³/mol. The fourth-order valence-corrected chi connectivity index (χ4v) is 7.92. The highest BCUT2D eigenvalue weighted by Crippen LogP contribution is 2.47. The molecule has 0 saturated carbocycles. The average molecular weight is 647 g/mol. The Morgan fingerprint density at radius 2 is 1.00 bits per heavy atom. The van der Waals surface area contributed by atoms with E-state index in [-0.39, 0.29) is 5.78 Å². The number of aliphatic imine (C=N–C) groups is 1. The minimum absolute atomic E-state index is 0.221. The SMILES string of the molecule is CC(=O)O.CC(=O)O.CCC1C(C)C(N)=C(CC(C)=O)C1C.CCC1C(C)C(N)=C(N)C1C.CCC1C(C)C2=C(N=C(C)C2)C1C. The molecule has 0 amide bonds. The number of Topliss-reactive ketones (excluding diaryl/α,β-unsaturated/α-hetero) is 1. The number of hydrogen-bond donors (Lipinski definition) is 5. The number of carboxylic acid groups (broad SMARTS) is 2. The molecule has 4 aliphatic rings. The van der Waals surface area contributed by atoms with E-state index in [0.717, 1.165) is 55.6 Å². The maximum absolute atomic E-state index is 11.1. The van der Waals surface area contributed by atoms with Crippen molar-refractivity contribution in [3.8, 4) is 0 Å². The van der Waals surface area contributed by atoms with Crippen molar-refractivity contribution in [1.82, 2.24) is 0 Å². The van der Waals surface area contributed by atoms with Gasteiger partial charge in [-0.1, -0.05) is 81.6 Å².